The van der Waals surface area contributed by atoms with Crippen LogP contribution in [0.5, 0.6) is 0 Å². The summed E-state index contributed by atoms with van der Waals surface area (Å²) in [7, 11) is 0. The maximum Gasteiger partial charge on any atom is 0.0473 e. The number of fused-ring (bicyclic) bond motifs is 2. The van der Waals surface area contributed by atoms with Crippen molar-refractivity contribution < 1.29 is 0 Å². The second-order valence-corrected chi connectivity index (χ2v) is 11.5. The topological polar surface area (TPSA) is 3.24 Å². The van der Waals surface area contributed by atoms with Gasteiger partial charge in [0.25, 0.3) is 0 Å². The molecule has 1 nitrogen and oxygen atoms in total. The molecule has 0 bridgehead atoms. The Morgan fingerprint density at radius 1 is 0.222 bits per heavy atom. The Balaban J connectivity index is 1.32. The van der Waals surface area contributed by atoms with Crippen LogP contribution in [0, 0.1) is 0 Å². The number of nitrogens with zero attached hydrogens (tertiary/aromatic N) is 1. The summed E-state index contributed by atoms with van der Waals surface area (Å²) in [6.07, 6.45) is 0. The summed E-state index contributed by atoms with van der Waals surface area (Å²) in [6, 6.07) is 67.8. The highest BCUT2D eigenvalue weighted by Gasteiger charge is 2.16. The predicted molar refractivity (Wildman–Crippen MR) is 192 cm³/mol. The lowest BCUT2D eigenvalue weighted by molar-refractivity contribution is 1.28. The second kappa shape index (κ2) is 11.6. The molecule has 0 saturated carbocycles. The normalized spacial score (nSPS) is 11.1. The summed E-state index contributed by atoms with van der Waals surface area (Å²) in [5.74, 6) is 0. The molecule has 0 aliphatic heterocycles. The van der Waals surface area contributed by atoms with E-state index in [-0.39, 0.29) is 0 Å². The number of rotatable bonds is 6. The van der Waals surface area contributed by atoms with Gasteiger partial charge in [0.05, 0.1) is 0 Å². The van der Waals surface area contributed by atoms with Crippen LogP contribution in [0.2, 0.25) is 0 Å². The van der Waals surface area contributed by atoms with Crippen molar-refractivity contribution in [1.82, 2.24) is 0 Å². The van der Waals surface area contributed by atoms with E-state index in [1.54, 1.807) is 0 Å². The maximum atomic E-state index is 2.36. The summed E-state index contributed by atoms with van der Waals surface area (Å²) >= 11 is 0. The first kappa shape index (κ1) is 26.7. The number of anilines is 3. The fourth-order valence-corrected chi connectivity index (χ4v) is 6.27. The van der Waals surface area contributed by atoms with Crippen LogP contribution in [-0.2, 0) is 0 Å². The van der Waals surface area contributed by atoms with Gasteiger partial charge in [-0.15, -0.1) is 0 Å². The first-order valence-corrected chi connectivity index (χ1v) is 15.4. The van der Waals surface area contributed by atoms with Crippen LogP contribution in [0.3, 0.4) is 0 Å². The van der Waals surface area contributed by atoms with Crippen molar-refractivity contribution in [2.75, 3.05) is 4.90 Å². The lowest BCUT2D eigenvalue weighted by atomic mass is 9.94. The van der Waals surface area contributed by atoms with Crippen molar-refractivity contribution in [2.24, 2.45) is 0 Å². The SMILES string of the molecule is c1ccc(-c2ccc(N(c3ccccc3)c3cc(-c4ccc5ccccc5c4)cc(-c4ccc5ccccc5c4)c3)cc2)cc1. The van der Waals surface area contributed by atoms with Crippen LogP contribution in [0.1, 0.15) is 0 Å². The number of benzene rings is 8. The minimum atomic E-state index is 1.11. The Bertz CT molecular complexity index is 2150. The molecule has 0 aliphatic carbocycles. The first-order valence-electron chi connectivity index (χ1n) is 15.4. The van der Waals surface area contributed by atoms with Crippen molar-refractivity contribution in [3.63, 3.8) is 0 Å². The Morgan fingerprint density at radius 3 is 1.20 bits per heavy atom. The van der Waals surface area contributed by atoms with Crippen molar-refractivity contribution in [3.05, 3.63) is 188 Å². The Labute approximate surface area is 264 Å². The van der Waals surface area contributed by atoms with Gasteiger partial charge in [0.1, 0.15) is 0 Å². The van der Waals surface area contributed by atoms with E-state index in [4.69, 9.17) is 0 Å². The van der Waals surface area contributed by atoms with Gasteiger partial charge in [0, 0.05) is 17.1 Å². The van der Waals surface area contributed by atoms with E-state index in [0.717, 1.165) is 17.1 Å². The molecule has 45 heavy (non-hydrogen) atoms. The average molecular weight is 574 g/mol. The standard InChI is InChI=1S/C44H31N/c1-3-11-32(12-4-1)35-23-25-43(26-24-35)45(42-17-5-2-6-18-42)44-30-40(38-21-19-33-13-7-9-15-36(33)27-38)29-41(31-44)39-22-20-34-14-8-10-16-37(34)28-39/h1-31H. The van der Waals surface area contributed by atoms with E-state index in [0.29, 0.717) is 0 Å². The monoisotopic (exact) mass is 573 g/mol. The molecule has 0 fully saturated rings. The van der Waals surface area contributed by atoms with Gasteiger partial charge >= 0.3 is 0 Å². The smallest absolute Gasteiger partial charge is 0.0473 e. The summed E-state index contributed by atoms with van der Waals surface area (Å²) in [6.45, 7) is 0. The molecular weight excluding hydrogens is 542 g/mol. The van der Waals surface area contributed by atoms with Crippen molar-refractivity contribution in [3.8, 4) is 33.4 Å². The van der Waals surface area contributed by atoms with Crippen molar-refractivity contribution >= 4 is 38.6 Å². The summed E-state index contributed by atoms with van der Waals surface area (Å²) < 4.78 is 0. The number of hydrogen-bond acceptors (Lipinski definition) is 1. The van der Waals surface area contributed by atoms with Gasteiger partial charge in [-0.2, -0.15) is 0 Å². The van der Waals surface area contributed by atoms with E-state index in [1.807, 2.05) is 0 Å². The van der Waals surface area contributed by atoms with Crippen LogP contribution in [0.4, 0.5) is 17.1 Å². The zero-order valence-corrected chi connectivity index (χ0v) is 24.8. The van der Waals surface area contributed by atoms with Gasteiger partial charge in [0.2, 0.25) is 0 Å². The highest BCUT2D eigenvalue weighted by atomic mass is 15.1. The molecule has 1 heteroatoms. The summed E-state index contributed by atoms with van der Waals surface area (Å²) in [5, 5.41) is 4.97. The molecule has 212 valence electrons. The third kappa shape index (κ3) is 5.37. The first-order chi connectivity index (χ1) is 22.3. The molecule has 0 unspecified atom stereocenters. The van der Waals surface area contributed by atoms with Crippen LogP contribution in [0.15, 0.2) is 188 Å². The van der Waals surface area contributed by atoms with E-state index >= 15 is 0 Å². The molecule has 8 aromatic carbocycles. The fourth-order valence-electron chi connectivity index (χ4n) is 6.27. The van der Waals surface area contributed by atoms with E-state index in [1.165, 1.54) is 54.9 Å². The second-order valence-electron chi connectivity index (χ2n) is 11.5. The molecule has 0 heterocycles. The molecule has 8 rings (SSSR count). The average Bonchev–Trinajstić information content (AvgIpc) is 3.12. The molecule has 0 spiro atoms. The Hall–Kier alpha value is -5.92. The maximum absolute atomic E-state index is 2.36. The largest absolute Gasteiger partial charge is 0.310 e. The van der Waals surface area contributed by atoms with Gasteiger partial charge in [-0.1, -0.05) is 133 Å². The third-order valence-corrected chi connectivity index (χ3v) is 8.59. The molecule has 0 atom stereocenters. The van der Waals surface area contributed by atoms with Gasteiger partial charge < -0.3 is 4.90 Å². The molecule has 8 aromatic rings. The molecular formula is C44H31N. The van der Waals surface area contributed by atoms with E-state index in [9.17, 15) is 0 Å². The molecule has 0 aromatic heterocycles. The summed E-state index contributed by atoms with van der Waals surface area (Å²) in [4.78, 5) is 2.36. The van der Waals surface area contributed by atoms with Crippen LogP contribution >= 0.6 is 0 Å². The van der Waals surface area contributed by atoms with E-state index in [2.05, 4.69) is 193 Å². The minimum Gasteiger partial charge on any atom is -0.310 e. The fraction of sp³-hybridized carbons (Fsp3) is 0. The zero-order chi connectivity index (χ0) is 30.0. The van der Waals surface area contributed by atoms with Gasteiger partial charge in [-0.3, -0.25) is 0 Å². The summed E-state index contributed by atoms with van der Waals surface area (Å²) in [5.41, 5.74) is 10.5. The number of para-hydroxylation sites is 1. The van der Waals surface area contributed by atoms with Crippen molar-refractivity contribution in [1.29, 1.82) is 0 Å². The van der Waals surface area contributed by atoms with Gasteiger partial charge in [-0.25, -0.2) is 0 Å². The molecule has 0 N–H and O–H groups in total. The molecule has 0 radical (unpaired) electrons. The van der Waals surface area contributed by atoms with Crippen LogP contribution in [-0.4, -0.2) is 0 Å². The molecule has 0 amide bonds. The van der Waals surface area contributed by atoms with Gasteiger partial charge in [-0.05, 0) is 110 Å². The lowest BCUT2D eigenvalue weighted by Gasteiger charge is -2.27. The van der Waals surface area contributed by atoms with Crippen LogP contribution in [0.25, 0.3) is 54.9 Å². The van der Waals surface area contributed by atoms with E-state index < -0.39 is 0 Å². The minimum absolute atomic E-state index is 1.11. The molecule has 0 saturated heterocycles. The quantitative estimate of drug-likeness (QED) is 0.191. The molecule has 0 aliphatic rings. The Kier molecular flexibility index (Phi) is 6.90. The number of hydrogen-bond donors (Lipinski definition) is 0. The predicted octanol–water partition coefficient (Wildman–Crippen LogP) is 12.5. The van der Waals surface area contributed by atoms with Crippen molar-refractivity contribution in [2.45, 2.75) is 0 Å². The lowest BCUT2D eigenvalue weighted by Crippen LogP contribution is -2.10. The Morgan fingerprint density at radius 2 is 0.644 bits per heavy atom. The highest BCUT2D eigenvalue weighted by Crippen LogP contribution is 2.41. The highest BCUT2D eigenvalue weighted by molar-refractivity contribution is 5.92. The third-order valence-electron chi connectivity index (χ3n) is 8.59. The van der Waals surface area contributed by atoms with Gasteiger partial charge in [0.15, 0.2) is 0 Å². The van der Waals surface area contributed by atoms with Crippen LogP contribution < -0.4 is 4.90 Å². The zero-order valence-electron chi connectivity index (χ0n) is 24.8.